The first-order valence-electron chi connectivity index (χ1n) is 5.15. The molecule has 0 amide bonds. The van der Waals surface area contributed by atoms with Crippen molar-refractivity contribution >= 4 is 17.6 Å². The van der Waals surface area contributed by atoms with Gasteiger partial charge in [0.05, 0.1) is 19.6 Å². The first-order valence-corrected chi connectivity index (χ1v) is 5.52. The van der Waals surface area contributed by atoms with Crippen LogP contribution in [0.3, 0.4) is 0 Å². The first-order chi connectivity index (χ1) is 7.93. The quantitative estimate of drug-likeness (QED) is 0.847. The molecule has 0 heterocycles. The number of carbonyl (C=O) groups excluding carboxylic acids is 1. The lowest BCUT2D eigenvalue weighted by atomic mass is 9.94. The molecule has 0 radical (unpaired) electrons. The third-order valence-electron chi connectivity index (χ3n) is 2.48. The number of rotatable bonds is 4. The summed E-state index contributed by atoms with van der Waals surface area (Å²) >= 11 is 5.69. The number of hydrogen-bond donors (Lipinski definition) is 1. The maximum Gasteiger partial charge on any atom is 0.305 e. The molecule has 0 aliphatic heterocycles. The van der Waals surface area contributed by atoms with E-state index in [0.29, 0.717) is 5.56 Å². The minimum Gasteiger partial charge on any atom is -0.469 e. The van der Waals surface area contributed by atoms with E-state index < -0.39 is 17.9 Å². The molecule has 5 heteroatoms. The molecular weight excluding hydrogens is 247 g/mol. The standard InChI is InChI=1S/C12H14ClFO3/c1-7(3-11(15)17-2)12(16)8-4-9(13)6-10(14)5-8/h4-7,12,16H,3H2,1-2H3. The molecular formula is C12H14ClFO3. The lowest BCUT2D eigenvalue weighted by molar-refractivity contribution is -0.142. The van der Waals surface area contributed by atoms with Crippen molar-refractivity contribution in [2.45, 2.75) is 19.4 Å². The molecule has 3 nitrogen and oxygen atoms in total. The fraction of sp³-hybridized carbons (Fsp3) is 0.417. The van der Waals surface area contributed by atoms with Crippen molar-refractivity contribution in [2.75, 3.05) is 7.11 Å². The highest BCUT2D eigenvalue weighted by Gasteiger charge is 2.20. The van der Waals surface area contributed by atoms with E-state index >= 15 is 0 Å². The largest absolute Gasteiger partial charge is 0.469 e. The Kier molecular flexibility index (Phi) is 4.90. The Balaban J connectivity index is 2.80. The molecule has 1 aromatic carbocycles. The highest BCUT2D eigenvalue weighted by molar-refractivity contribution is 6.30. The van der Waals surface area contributed by atoms with E-state index in [2.05, 4.69) is 4.74 Å². The Hall–Kier alpha value is -1.13. The van der Waals surface area contributed by atoms with Crippen LogP contribution in [0.4, 0.5) is 4.39 Å². The summed E-state index contributed by atoms with van der Waals surface area (Å²) in [6.07, 6.45) is -0.895. The van der Waals surface area contributed by atoms with Crippen molar-refractivity contribution < 1.29 is 19.0 Å². The molecule has 0 fully saturated rings. The number of aliphatic hydroxyl groups is 1. The molecule has 0 saturated heterocycles. The van der Waals surface area contributed by atoms with Crippen molar-refractivity contribution in [1.82, 2.24) is 0 Å². The van der Waals surface area contributed by atoms with Crippen LogP contribution in [-0.4, -0.2) is 18.2 Å². The number of hydrogen-bond acceptors (Lipinski definition) is 3. The summed E-state index contributed by atoms with van der Waals surface area (Å²) in [6, 6.07) is 3.83. The maximum atomic E-state index is 13.1. The second-order valence-corrected chi connectivity index (χ2v) is 4.34. The van der Waals surface area contributed by atoms with Crippen LogP contribution in [0.25, 0.3) is 0 Å². The normalized spacial score (nSPS) is 14.2. The molecule has 0 aromatic heterocycles. The second kappa shape index (κ2) is 5.98. The molecule has 17 heavy (non-hydrogen) atoms. The summed E-state index contributed by atoms with van der Waals surface area (Å²) in [5, 5.41) is 10.2. The number of aliphatic hydroxyl groups excluding tert-OH is 1. The van der Waals surface area contributed by atoms with Gasteiger partial charge in [-0.15, -0.1) is 0 Å². The van der Waals surface area contributed by atoms with E-state index in [1.165, 1.54) is 19.2 Å². The van der Waals surface area contributed by atoms with E-state index in [4.69, 9.17) is 11.6 Å². The number of esters is 1. The summed E-state index contributed by atoms with van der Waals surface area (Å²) in [4.78, 5) is 11.1. The minimum absolute atomic E-state index is 0.0613. The van der Waals surface area contributed by atoms with Crippen LogP contribution in [0.5, 0.6) is 0 Å². The van der Waals surface area contributed by atoms with Crippen LogP contribution >= 0.6 is 11.6 Å². The highest BCUT2D eigenvalue weighted by Crippen LogP contribution is 2.27. The second-order valence-electron chi connectivity index (χ2n) is 3.91. The zero-order valence-electron chi connectivity index (χ0n) is 9.61. The van der Waals surface area contributed by atoms with Gasteiger partial charge in [0.25, 0.3) is 0 Å². The zero-order valence-corrected chi connectivity index (χ0v) is 10.4. The number of halogens is 2. The van der Waals surface area contributed by atoms with E-state index in [-0.39, 0.29) is 17.4 Å². The van der Waals surface area contributed by atoms with Crippen LogP contribution < -0.4 is 0 Å². The Bertz CT molecular complexity index is 388. The molecule has 0 spiro atoms. The van der Waals surface area contributed by atoms with Crippen molar-refractivity contribution in [3.8, 4) is 0 Å². The summed E-state index contributed by atoms with van der Waals surface area (Å²) in [7, 11) is 1.28. The molecule has 1 N–H and O–H groups in total. The average Bonchev–Trinajstić information content (AvgIpc) is 2.26. The third-order valence-corrected chi connectivity index (χ3v) is 2.70. The highest BCUT2D eigenvalue weighted by atomic mass is 35.5. The van der Waals surface area contributed by atoms with Crippen molar-refractivity contribution in [3.05, 3.63) is 34.6 Å². The van der Waals surface area contributed by atoms with Gasteiger partial charge in [-0.25, -0.2) is 4.39 Å². The predicted molar refractivity (Wildman–Crippen MR) is 62.2 cm³/mol. The SMILES string of the molecule is COC(=O)CC(C)C(O)c1cc(F)cc(Cl)c1. The Morgan fingerprint density at radius 3 is 2.71 bits per heavy atom. The van der Waals surface area contributed by atoms with Gasteiger partial charge in [-0.3, -0.25) is 4.79 Å². The third kappa shape index (κ3) is 3.98. The summed E-state index contributed by atoms with van der Waals surface area (Å²) < 4.78 is 17.6. The molecule has 0 aliphatic rings. The molecule has 1 aromatic rings. The molecule has 94 valence electrons. The van der Waals surface area contributed by atoms with Gasteiger partial charge in [-0.2, -0.15) is 0 Å². The monoisotopic (exact) mass is 260 g/mol. The van der Waals surface area contributed by atoms with Gasteiger partial charge < -0.3 is 9.84 Å². The summed E-state index contributed by atoms with van der Waals surface area (Å²) in [5.74, 6) is -1.31. The number of ether oxygens (including phenoxy) is 1. The summed E-state index contributed by atoms with van der Waals surface area (Å²) in [6.45, 7) is 1.68. The van der Waals surface area contributed by atoms with Crippen LogP contribution in [0.2, 0.25) is 5.02 Å². The van der Waals surface area contributed by atoms with Gasteiger partial charge in [-0.05, 0) is 29.7 Å². The number of methoxy groups -OCH3 is 1. The van der Waals surface area contributed by atoms with Crippen LogP contribution in [0.15, 0.2) is 18.2 Å². The lowest BCUT2D eigenvalue weighted by Gasteiger charge is -2.18. The Morgan fingerprint density at radius 1 is 1.53 bits per heavy atom. The van der Waals surface area contributed by atoms with Crippen molar-refractivity contribution in [3.63, 3.8) is 0 Å². The molecule has 1 rings (SSSR count). The van der Waals surface area contributed by atoms with Crippen LogP contribution in [0.1, 0.15) is 25.0 Å². The van der Waals surface area contributed by atoms with Gasteiger partial charge in [0.2, 0.25) is 0 Å². The molecule has 2 atom stereocenters. The van der Waals surface area contributed by atoms with Gasteiger partial charge in [0, 0.05) is 5.02 Å². The smallest absolute Gasteiger partial charge is 0.305 e. The van der Waals surface area contributed by atoms with Crippen molar-refractivity contribution in [2.24, 2.45) is 5.92 Å². The van der Waals surface area contributed by atoms with Crippen LogP contribution in [0, 0.1) is 11.7 Å². The Labute approximate surface area is 104 Å². The fourth-order valence-electron chi connectivity index (χ4n) is 1.53. The lowest BCUT2D eigenvalue weighted by Crippen LogP contribution is -2.15. The zero-order chi connectivity index (χ0) is 13.0. The van der Waals surface area contributed by atoms with Crippen LogP contribution in [-0.2, 0) is 9.53 Å². The number of carbonyl (C=O) groups is 1. The molecule has 0 bridgehead atoms. The predicted octanol–water partition coefficient (Wildman–Crippen LogP) is 2.71. The van der Waals surface area contributed by atoms with Gasteiger partial charge in [0.1, 0.15) is 5.82 Å². The fourth-order valence-corrected chi connectivity index (χ4v) is 1.76. The van der Waals surface area contributed by atoms with E-state index in [1.54, 1.807) is 6.92 Å². The van der Waals surface area contributed by atoms with E-state index in [0.717, 1.165) is 6.07 Å². The molecule has 0 saturated carbocycles. The minimum atomic E-state index is -0.956. The van der Waals surface area contributed by atoms with Gasteiger partial charge >= 0.3 is 5.97 Å². The first kappa shape index (κ1) is 13.9. The maximum absolute atomic E-state index is 13.1. The molecule has 0 aliphatic carbocycles. The van der Waals surface area contributed by atoms with Gasteiger partial charge in [0.15, 0.2) is 0 Å². The summed E-state index contributed by atoms with van der Waals surface area (Å²) in [5.41, 5.74) is 0.353. The van der Waals surface area contributed by atoms with E-state index in [9.17, 15) is 14.3 Å². The Morgan fingerprint density at radius 2 is 2.18 bits per heavy atom. The number of benzene rings is 1. The van der Waals surface area contributed by atoms with E-state index in [1.807, 2.05) is 0 Å². The van der Waals surface area contributed by atoms with Gasteiger partial charge in [-0.1, -0.05) is 18.5 Å². The molecule has 2 unspecified atom stereocenters. The average molecular weight is 261 g/mol. The van der Waals surface area contributed by atoms with Crippen molar-refractivity contribution in [1.29, 1.82) is 0 Å². The topological polar surface area (TPSA) is 46.5 Å².